The number of nitrogens with zero attached hydrogens (tertiary/aromatic N) is 2. The number of benzene rings is 2. The van der Waals surface area contributed by atoms with Crippen molar-refractivity contribution < 1.29 is 24.0 Å². The van der Waals surface area contributed by atoms with Crippen LogP contribution in [0.1, 0.15) is 18.1 Å². The summed E-state index contributed by atoms with van der Waals surface area (Å²) in [5.41, 5.74) is 1.48. The van der Waals surface area contributed by atoms with Crippen molar-refractivity contribution in [1.82, 2.24) is 4.90 Å². The number of allylic oxidation sites excluding steroid dienone is 1. The van der Waals surface area contributed by atoms with E-state index in [9.17, 15) is 19.7 Å². The van der Waals surface area contributed by atoms with E-state index in [1.807, 2.05) is 12.1 Å². The van der Waals surface area contributed by atoms with Crippen molar-refractivity contribution >= 4 is 23.6 Å². The molecule has 0 spiro atoms. The molecule has 0 unspecified atom stereocenters. The average Bonchev–Trinajstić information content (AvgIpc) is 2.98. The second-order valence-corrected chi connectivity index (χ2v) is 6.57. The number of carbonyl (C=O) groups is 2. The highest BCUT2D eigenvalue weighted by Crippen LogP contribution is 2.34. The van der Waals surface area contributed by atoms with Crippen LogP contribution >= 0.6 is 0 Å². The predicted octanol–water partition coefficient (Wildman–Crippen LogP) is 3.48. The normalized spacial score (nSPS) is 15.0. The molecule has 0 saturated carbocycles. The van der Waals surface area contributed by atoms with Gasteiger partial charge in [-0.05, 0) is 36.8 Å². The largest absolute Gasteiger partial charge is 0.497 e. The minimum Gasteiger partial charge on any atom is -0.497 e. The van der Waals surface area contributed by atoms with E-state index in [1.165, 1.54) is 36.3 Å². The fraction of sp³-hybridized carbons (Fsp3) is 0.182. The number of methoxy groups -OCH3 is 2. The zero-order valence-electron chi connectivity index (χ0n) is 16.7. The van der Waals surface area contributed by atoms with E-state index >= 15 is 0 Å². The molecule has 1 aliphatic rings. The Balaban J connectivity index is 2.04. The molecule has 0 aromatic heterocycles. The maximum atomic E-state index is 13.2. The summed E-state index contributed by atoms with van der Waals surface area (Å²) in [4.78, 5) is 37.9. The molecule has 0 radical (unpaired) electrons. The smallest absolute Gasteiger partial charge is 0.340 e. The lowest BCUT2D eigenvalue weighted by molar-refractivity contribution is -0.385. The topological polar surface area (TPSA) is 99.0 Å². The van der Waals surface area contributed by atoms with Gasteiger partial charge in [0.05, 0.1) is 42.4 Å². The van der Waals surface area contributed by atoms with E-state index in [0.717, 1.165) is 5.56 Å². The number of para-hydroxylation sites is 1. The predicted molar refractivity (Wildman–Crippen MR) is 109 cm³/mol. The van der Waals surface area contributed by atoms with Crippen LogP contribution < -0.4 is 4.74 Å². The van der Waals surface area contributed by atoms with Crippen molar-refractivity contribution in [3.63, 3.8) is 0 Å². The van der Waals surface area contributed by atoms with Crippen LogP contribution in [0.15, 0.2) is 65.4 Å². The lowest BCUT2D eigenvalue weighted by Crippen LogP contribution is -2.24. The Labute approximate surface area is 173 Å². The van der Waals surface area contributed by atoms with Crippen LogP contribution in [0, 0.1) is 10.1 Å². The summed E-state index contributed by atoms with van der Waals surface area (Å²) >= 11 is 0. The highest BCUT2D eigenvalue weighted by Gasteiger charge is 2.37. The van der Waals surface area contributed by atoms with Crippen molar-refractivity contribution in [3.05, 3.63) is 86.6 Å². The van der Waals surface area contributed by atoms with Crippen LogP contribution in [0.2, 0.25) is 0 Å². The van der Waals surface area contributed by atoms with Crippen LogP contribution in [-0.4, -0.2) is 35.9 Å². The average molecular weight is 408 g/mol. The first-order valence-corrected chi connectivity index (χ1v) is 9.06. The van der Waals surface area contributed by atoms with Gasteiger partial charge >= 0.3 is 5.97 Å². The number of rotatable bonds is 6. The summed E-state index contributed by atoms with van der Waals surface area (Å²) in [5, 5.41) is 11.3. The third kappa shape index (κ3) is 3.93. The molecule has 0 fully saturated rings. The standard InChI is InChI=1S/C22H20N2O6/c1-14-20(22(26)30-3)18(12-16-6-4-5-7-19(16)24(27)28)21(25)23(14)13-15-8-10-17(29-2)11-9-15/h4-12H,13H2,1-3H3/b18-12-. The van der Waals surface area contributed by atoms with Gasteiger partial charge in [0.2, 0.25) is 0 Å². The van der Waals surface area contributed by atoms with Crippen LogP contribution in [0.5, 0.6) is 5.75 Å². The zero-order valence-corrected chi connectivity index (χ0v) is 16.7. The first kappa shape index (κ1) is 20.8. The van der Waals surface area contributed by atoms with Gasteiger partial charge in [-0.2, -0.15) is 0 Å². The van der Waals surface area contributed by atoms with E-state index in [4.69, 9.17) is 9.47 Å². The fourth-order valence-corrected chi connectivity index (χ4v) is 3.26. The number of nitro groups is 1. The summed E-state index contributed by atoms with van der Waals surface area (Å²) in [6.45, 7) is 1.87. The Morgan fingerprint density at radius 3 is 2.40 bits per heavy atom. The lowest BCUT2D eigenvalue weighted by atomic mass is 10.0. The lowest BCUT2D eigenvalue weighted by Gasteiger charge is -2.18. The number of hydrogen-bond donors (Lipinski definition) is 0. The Morgan fingerprint density at radius 2 is 1.80 bits per heavy atom. The Bertz CT molecular complexity index is 1070. The van der Waals surface area contributed by atoms with Gasteiger partial charge in [0.1, 0.15) is 5.75 Å². The van der Waals surface area contributed by atoms with E-state index in [0.29, 0.717) is 11.4 Å². The monoisotopic (exact) mass is 408 g/mol. The van der Waals surface area contributed by atoms with Gasteiger partial charge in [-0.15, -0.1) is 0 Å². The molecule has 8 heteroatoms. The molecule has 3 rings (SSSR count). The Kier molecular flexibility index (Phi) is 5.96. The molecule has 2 aromatic carbocycles. The molecule has 0 saturated heterocycles. The van der Waals surface area contributed by atoms with Gasteiger partial charge in [0.25, 0.3) is 11.6 Å². The summed E-state index contributed by atoms with van der Waals surface area (Å²) < 4.78 is 10.0. The summed E-state index contributed by atoms with van der Waals surface area (Å²) in [7, 11) is 2.79. The van der Waals surface area contributed by atoms with Gasteiger partial charge < -0.3 is 14.4 Å². The highest BCUT2D eigenvalue weighted by molar-refractivity contribution is 6.16. The SMILES string of the molecule is COC(=O)C1=C(C)N(Cc2ccc(OC)cc2)C(=O)/C1=C\c1ccccc1[N+](=O)[O-]. The maximum Gasteiger partial charge on any atom is 0.340 e. The van der Waals surface area contributed by atoms with E-state index in [2.05, 4.69) is 0 Å². The summed E-state index contributed by atoms with van der Waals surface area (Å²) in [6.07, 6.45) is 1.37. The molecule has 30 heavy (non-hydrogen) atoms. The van der Waals surface area contributed by atoms with Crippen molar-refractivity contribution in [1.29, 1.82) is 0 Å². The second-order valence-electron chi connectivity index (χ2n) is 6.57. The number of esters is 1. The first-order valence-electron chi connectivity index (χ1n) is 9.06. The maximum absolute atomic E-state index is 13.2. The Hall–Kier alpha value is -3.94. The summed E-state index contributed by atoms with van der Waals surface area (Å²) in [5.74, 6) is -0.421. The Morgan fingerprint density at radius 1 is 1.13 bits per heavy atom. The van der Waals surface area contributed by atoms with Gasteiger partial charge in [-0.1, -0.05) is 24.3 Å². The number of nitro benzene ring substituents is 1. The van der Waals surface area contributed by atoms with Crippen LogP contribution in [0.25, 0.3) is 6.08 Å². The molecule has 154 valence electrons. The van der Waals surface area contributed by atoms with Crippen molar-refractivity contribution in [2.24, 2.45) is 0 Å². The molecule has 0 atom stereocenters. The summed E-state index contributed by atoms with van der Waals surface area (Å²) in [6, 6.07) is 13.2. The van der Waals surface area contributed by atoms with E-state index < -0.39 is 16.8 Å². The van der Waals surface area contributed by atoms with Gasteiger partial charge in [-0.25, -0.2) is 4.79 Å². The molecular formula is C22H20N2O6. The number of hydrogen-bond acceptors (Lipinski definition) is 6. The minimum absolute atomic E-state index is 0.0576. The zero-order chi connectivity index (χ0) is 21.8. The molecular weight excluding hydrogens is 388 g/mol. The third-order valence-corrected chi connectivity index (χ3v) is 4.83. The third-order valence-electron chi connectivity index (χ3n) is 4.83. The highest BCUT2D eigenvalue weighted by atomic mass is 16.6. The molecule has 1 amide bonds. The molecule has 0 N–H and O–H groups in total. The molecule has 2 aromatic rings. The molecule has 1 aliphatic heterocycles. The second kappa shape index (κ2) is 8.60. The molecule has 0 bridgehead atoms. The first-order chi connectivity index (χ1) is 14.4. The minimum atomic E-state index is -0.678. The van der Waals surface area contributed by atoms with Crippen LogP contribution in [0.4, 0.5) is 5.69 Å². The van der Waals surface area contributed by atoms with Crippen molar-refractivity contribution in [3.8, 4) is 5.75 Å². The van der Waals surface area contributed by atoms with Crippen LogP contribution in [0.3, 0.4) is 0 Å². The van der Waals surface area contributed by atoms with Crippen molar-refractivity contribution in [2.75, 3.05) is 14.2 Å². The van der Waals surface area contributed by atoms with Gasteiger partial charge in [0, 0.05) is 11.8 Å². The van der Waals surface area contributed by atoms with Crippen LogP contribution in [-0.2, 0) is 20.9 Å². The molecule has 1 heterocycles. The number of carbonyl (C=O) groups excluding carboxylic acids is 2. The van der Waals surface area contributed by atoms with Gasteiger partial charge in [-0.3, -0.25) is 14.9 Å². The van der Waals surface area contributed by atoms with E-state index in [1.54, 1.807) is 32.2 Å². The van der Waals surface area contributed by atoms with Crippen molar-refractivity contribution in [2.45, 2.75) is 13.5 Å². The molecule has 0 aliphatic carbocycles. The number of amides is 1. The quantitative estimate of drug-likeness (QED) is 0.314. The van der Waals surface area contributed by atoms with Gasteiger partial charge in [0.15, 0.2) is 0 Å². The molecule has 8 nitrogen and oxygen atoms in total. The van der Waals surface area contributed by atoms with E-state index in [-0.39, 0.29) is 28.9 Å². The number of ether oxygens (including phenoxy) is 2. The fourth-order valence-electron chi connectivity index (χ4n) is 3.26.